The van der Waals surface area contributed by atoms with Gasteiger partial charge >= 0.3 is 0 Å². The highest BCUT2D eigenvalue weighted by Gasteiger charge is 2.59. The minimum absolute atomic E-state index is 0.169. The molecule has 4 rings (SSSR count). The van der Waals surface area contributed by atoms with E-state index < -0.39 is 0 Å². The van der Waals surface area contributed by atoms with E-state index >= 15 is 0 Å². The number of methoxy groups -OCH3 is 1. The van der Waals surface area contributed by atoms with Crippen LogP contribution in [0.25, 0.3) is 0 Å². The number of allylic oxidation sites excluding steroid dienone is 2. The molecule has 4 atom stereocenters. The summed E-state index contributed by atoms with van der Waals surface area (Å²) in [5, 5.41) is 5.19. The van der Waals surface area contributed by atoms with Crippen molar-refractivity contribution in [3.8, 4) is 5.75 Å². The van der Waals surface area contributed by atoms with Crippen LogP contribution >= 0.6 is 0 Å². The van der Waals surface area contributed by atoms with Crippen LogP contribution in [0.5, 0.6) is 5.75 Å². The first-order chi connectivity index (χ1) is 10.7. The Morgan fingerprint density at radius 3 is 2.41 bits per heavy atom. The van der Waals surface area contributed by atoms with Gasteiger partial charge in [0.25, 0.3) is 11.8 Å². The van der Waals surface area contributed by atoms with Crippen LogP contribution in [0.15, 0.2) is 41.5 Å². The minimum Gasteiger partial charge on any atom is -0.496 e. The highest BCUT2D eigenvalue weighted by Crippen LogP contribution is 2.52. The zero-order valence-electron chi connectivity index (χ0n) is 12.2. The van der Waals surface area contributed by atoms with Gasteiger partial charge in [-0.3, -0.25) is 9.59 Å². The molecular formula is C17H16N2O3. The van der Waals surface area contributed by atoms with Crippen molar-refractivity contribution in [2.75, 3.05) is 7.11 Å². The Hall–Kier alpha value is -2.43. The van der Waals surface area contributed by atoms with E-state index in [-0.39, 0.29) is 35.5 Å². The molecule has 22 heavy (non-hydrogen) atoms. The zero-order valence-corrected chi connectivity index (χ0v) is 12.2. The fourth-order valence-corrected chi connectivity index (χ4v) is 3.89. The van der Waals surface area contributed by atoms with Crippen LogP contribution in [-0.4, -0.2) is 30.1 Å². The molecule has 0 spiro atoms. The van der Waals surface area contributed by atoms with Crippen LogP contribution in [0, 0.1) is 23.7 Å². The molecule has 0 unspecified atom stereocenters. The summed E-state index contributed by atoms with van der Waals surface area (Å²) in [6.45, 7) is 0. The molecule has 0 N–H and O–H groups in total. The van der Waals surface area contributed by atoms with Crippen molar-refractivity contribution in [3.05, 3.63) is 42.0 Å². The molecule has 2 fully saturated rings. The van der Waals surface area contributed by atoms with E-state index in [1.807, 2.05) is 24.3 Å². The van der Waals surface area contributed by atoms with Crippen molar-refractivity contribution in [2.24, 2.45) is 28.8 Å². The predicted molar refractivity (Wildman–Crippen MR) is 80.2 cm³/mol. The summed E-state index contributed by atoms with van der Waals surface area (Å²) >= 11 is 0. The number of para-hydroxylation sites is 1. The topological polar surface area (TPSA) is 59.0 Å². The lowest BCUT2D eigenvalue weighted by atomic mass is 9.85. The Labute approximate surface area is 128 Å². The number of hydrogen-bond acceptors (Lipinski definition) is 4. The van der Waals surface area contributed by atoms with Gasteiger partial charge in [0.05, 0.1) is 25.2 Å². The highest BCUT2D eigenvalue weighted by molar-refractivity contribution is 6.06. The molecule has 1 aliphatic heterocycles. The number of rotatable bonds is 3. The van der Waals surface area contributed by atoms with Crippen LogP contribution in [0.4, 0.5) is 0 Å². The molecule has 112 valence electrons. The van der Waals surface area contributed by atoms with E-state index in [1.54, 1.807) is 7.11 Å². The molecule has 2 amide bonds. The second-order valence-electron chi connectivity index (χ2n) is 5.97. The first-order valence-electron chi connectivity index (χ1n) is 7.44. The van der Waals surface area contributed by atoms with Gasteiger partial charge in [0, 0.05) is 5.56 Å². The molecule has 0 radical (unpaired) electrons. The first-order valence-corrected chi connectivity index (χ1v) is 7.44. The third-order valence-electron chi connectivity index (χ3n) is 4.90. The average molecular weight is 296 g/mol. The van der Waals surface area contributed by atoms with Crippen molar-refractivity contribution < 1.29 is 14.3 Å². The van der Waals surface area contributed by atoms with Gasteiger partial charge in [-0.15, -0.1) is 0 Å². The summed E-state index contributed by atoms with van der Waals surface area (Å²) in [4.78, 5) is 25.0. The second kappa shape index (κ2) is 4.80. The van der Waals surface area contributed by atoms with Crippen molar-refractivity contribution >= 4 is 18.0 Å². The molecule has 1 saturated carbocycles. The Bertz CT molecular complexity index is 680. The normalized spacial score (nSPS) is 32.3. The average Bonchev–Trinajstić information content (AvgIpc) is 3.21. The van der Waals surface area contributed by atoms with E-state index in [4.69, 9.17) is 4.74 Å². The fourth-order valence-electron chi connectivity index (χ4n) is 3.89. The summed E-state index contributed by atoms with van der Waals surface area (Å²) in [5.41, 5.74) is 0.740. The smallest absolute Gasteiger partial charge is 0.254 e. The highest BCUT2D eigenvalue weighted by atomic mass is 16.5. The number of hydrogen-bond donors (Lipinski definition) is 0. The van der Waals surface area contributed by atoms with Gasteiger partial charge in [0.2, 0.25) is 0 Å². The van der Waals surface area contributed by atoms with E-state index in [0.717, 1.165) is 17.0 Å². The Morgan fingerprint density at radius 1 is 1.14 bits per heavy atom. The van der Waals surface area contributed by atoms with E-state index in [0.29, 0.717) is 5.75 Å². The quantitative estimate of drug-likeness (QED) is 0.486. The summed E-state index contributed by atoms with van der Waals surface area (Å²) in [5.74, 6) is 0.314. The minimum atomic E-state index is -0.211. The fraction of sp³-hybridized carbons (Fsp3) is 0.353. The summed E-state index contributed by atoms with van der Waals surface area (Å²) in [6.07, 6.45) is 6.59. The summed E-state index contributed by atoms with van der Waals surface area (Å²) in [7, 11) is 1.58. The molecule has 1 saturated heterocycles. The van der Waals surface area contributed by atoms with Gasteiger partial charge < -0.3 is 4.74 Å². The second-order valence-corrected chi connectivity index (χ2v) is 5.97. The van der Waals surface area contributed by atoms with E-state index in [1.165, 1.54) is 6.21 Å². The molecule has 1 aromatic rings. The first kappa shape index (κ1) is 13.2. The number of amides is 2. The van der Waals surface area contributed by atoms with Crippen LogP contribution < -0.4 is 4.74 Å². The van der Waals surface area contributed by atoms with Crippen molar-refractivity contribution in [3.63, 3.8) is 0 Å². The van der Waals surface area contributed by atoms with Gasteiger partial charge in [-0.05, 0) is 30.4 Å². The third-order valence-corrected chi connectivity index (χ3v) is 4.90. The van der Waals surface area contributed by atoms with Crippen LogP contribution in [-0.2, 0) is 9.59 Å². The number of imide groups is 1. The standard InChI is InChI=1S/C17H16N2O3/c1-22-13-5-3-2-4-12(13)9-18-19-16(20)14-10-6-7-11(8-10)15(14)17(19)21/h2-7,9-11,14-15H,8H2,1H3/b18-9-/t10-,11+,14+,15-. The van der Waals surface area contributed by atoms with E-state index in [9.17, 15) is 9.59 Å². The number of benzene rings is 1. The summed E-state index contributed by atoms with van der Waals surface area (Å²) < 4.78 is 5.24. The molecular weight excluding hydrogens is 280 g/mol. The number of carbonyl (C=O) groups is 2. The lowest BCUT2D eigenvalue weighted by Gasteiger charge is -2.13. The Morgan fingerprint density at radius 2 is 1.77 bits per heavy atom. The maximum atomic E-state index is 12.5. The Kier molecular flexibility index (Phi) is 2.89. The maximum Gasteiger partial charge on any atom is 0.254 e. The molecule has 1 heterocycles. The van der Waals surface area contributed by atoms with Crippen molar-refractivity contribution in [2.45, 2.75) is 6.42 Å². The molecule has 2 bridgehead atoms. The number of ether oxygens (including phenoxy) is 1. The van der Waals surface area contributed by atoms with Gasteiger partial charge in [0.1, 0.15) is 5.75 Å². The third kappa shape index (κ3) is 1.75. The SMILES string of the molecule is COc1ccccc1/C=N\N1C(=O)[C@@H]2[C@H](C1=O)[C@H]1C=C[C@@H]2C1. The molecule has 5 heteroatoms. The largest absolute Gasteiger partial charge is 0.496 e. The van der Waals surface area contributed by atoms with Crippen LogP contribution in [0.1, 0.15) is 12.0 Å². The van der Waals surface area contributed by atoms with E-state index in [2.05, 4.69) is 17.3 Å². The van der Waals surface area contributed by atoms with Crippen molar-refractivity contribution in [1.29, 1.82) is 0 Å². The maximum absolute atomic E-state index is 12.5. The number of hydrazone groups is 1. The van der Waals surface area contributed by atoms with Gasteiger partial charge in [-0.25, -0.2) is 0 Å². The molecule has 0 aromatic heterocycles. The molecule has 5 nitrogen and oxygen atoms in total. The monoisotopic (exact) mass is 296 g/mol. The van der Waals surface area contributed by atoms with Gasteiger partial charge in [-0.1, -0.05) is 24.3 Å². The molecule has 3 aliphatic rings. The molecule has 1 aromatic carbocycles. The number of carbonyl (C=O) groups excluding carboxylic acids is 2. The van der Waals surface area contributed by atoms with Crippen LogP contribution in [0.2, 0.25) is 0 Å². The Balaban J connectivity index is 1.61. The number of nitrogens with zero attached hydrogens (tertiary/aromatic N) is 2. The van der Waals surface area contributed by atoms with Gasteiger partial charge in [-0.2, -0.15) is 10.1 Å². The lowest BCUT2D eigenvalue weighted by Crippen LogP contribution is -2.28. The number of fused-ring (bicyclic) bond motifs is 5. The summed E-state index contributed by atoms with van der Waals surface area (Å²) in [6, 6.07) is 7.36. The lowest BCUT2D eigenvalue weighted by molar-refractivity contribution is -0.140. The predicted octanol–water partition coefficient (Wildman–Crippen LogP) is 1.84. The van der Waals surface area contributed by atoms with Crippen LogP contribution in [0.3, 0.4) is 0 Å². The van der Waals surface area contributed by atoms with Crippen molar-refractivity contribution in [1.82, 2.24) is 5.01 Å². The molecule has 2 aliphatic carbocycles. The van der Waals surface area contributed by atoms with Gasteiger partial charge in [0.15, 0.2) is 0 Å². The zero-order chi connectivity index (χ0) is 15.3.